The molecule has 2 heterocycles. The summed E-state index contributed by atoms with van der Waals surface area (Å²) in [4.78, 5) is 25.9. The Kier molecular flexibility index (Phi) is 3.80. The molecule has 106 valence electrons. The number of hydrogen-bond acceptors (Lipinski definition) is 4. The van der Waals surface area contributed by atoms with Gasteiger partial charge in [0.25, 0.3) is 5.91 Å². The molecule has 0 saturated carbocycles. The lowest BCUT2D eigenvalue weighted by Gasteiger charge is -2.15. The van der Waals surface area contributed by atoms with Gasteiger partial charge in [0.15, 0.2) is 0 Å². The van der Waals surface area contributed by atoms with Crippen molar-refractivity contribution in [2.24, 2.45) is 11.8 Å². The molecule has 2 N–H and O–H groups in total. The van der Waals surface area contributed by atoms with Crippen LogP contribution in [-0.4, -0.2) is 49.4 Å². The number of rotatable bonds is 3. The van der Waals surface area contributed by atoms with Crippen LogP contribution in [0.25, 0.3) is 0 Å². The number of imide groups is 1. The summed E-state index contributed by atoms with van der Waals surface area (Å²) in [5.41, 5.74) is 0.517. The summed E-state index contributed by atoms with van der Waals surface area (Å²) in [6.45, 7) is 4.30. The monoisotopic (exact) mass is 273 g/mol. The predicted molar refractivity (Wildman–Crippen MR) is 75.2 cm³/mol. The summed E-state index contributed by atoms with van der Waals surface area (Å²) in [5.74, 6) is 0.781. The van der Waals surface area contributed by atoms with E-state index in [2.05, 4.69) is 15.5 Å². The number of likely N-dealkylation sites (tertiary alicyclic amines) is 1. The summed E-state index contributed by atoms with van der Waals surface area (Å²) in [7, 11) is 0. The molecule has 0 aliphatic carbocycles. The molecule has 2 amide bonds. The second-order valence-corrected chi connectivity index (χ2v) is 5.62. The lowest BCUT2D eigenvalue weighted by Crippen LogP contribution is -2.40. The minimum atomic E-state index is -0.323. The van der Waals surface area contributed by atoms with Gasteiger partial charge in [0.1, 0.15) is 0 Å². The van der Waals surface area contributed by atoms with E-state index in [4.69, 9.17) is 0 Å². The molecule has 2 atom stereocenters. The maximum absolute atomic E-state index is 11.9. The van der Waals surface area contributed by atoms with E-state index in [9.17, 15) is 9.59 Å². The van der Waals surface area contributed by atoms with Crippen molar-refractivity contribution in [3.63, 3.8) is 0 Å². The van der Waals surface area contributed by atoms with Crippen molar-refractivity contribution in [2.75, 3.05) is 32.7 Å². The lowest BCUT2D eigenvalue weighted by atomic mass is 10.0. The average Bonchev–Trinajstić information content (AvgIpc) is 3.00. The van der Waals surface area contributed by atoms with Crippen molar-refractivity contribution in [1.82, 2.24) is 15.5 Å². The topological polar surface area (TPSA) is 61.4 Å². The molecule has 1 aromatic carbocycles. The number of nitrogens with one attached hydrogen (secondary N) is 2. The largest absolute Gasteiger partial charge is 0.316 e. The van der Waals surface area contributed by atoms with E-state index < -0.39 is 0 Å². The van der Waals surface area contributed by atoms with E-state index in [1.807, 2.05) is 6.07 Å². The normalized spacial score (nSPS) is 25.4. The zero-order valence-electron chi connectivity index (χ0n) is 11.3. The minimum absolute atomic E-state index is 0.216. The number of fused-ring (bicyclic) bond motifs is 1. The smallest absolute Gasteiger partial charge is 0.257 e. The summed E-state index contributed by atoms with van der Waals surface area (Å²) in [5, 5.41) is 5.82. The number of nitrogens with zero attached hydrogens (tertiary/aromatic N) is 1. The molecule has 5 nitrogen and oxygen atoms in total. The van der Waals surface area contributed by atoms with Crippen LogP contribution in [0.15, 0.2) is 30.3 Å². The average molecular weight is 273 g/mol. The quantitative estimate of drug-likeness (QED) is 0.819. The maximum Gasteiger partial charge on any atom is 0.257 e. The van der Waals surface area contributed by atoms with Gasteiger partial charge >= 0.3 is 0 Å². The SMILES string of the molecule is O=C(CN1C[C@H]2CNC[C@H]2C1)NC(=O)c1ccccc1. The van der Waals surface area contributed by atoms with Crippen LogP contribution in [-0.2, 0) is 4.79 Å². The van der Waals surface area contributed by atoms with Gasteiger partial charge in [-0.05, 0) is 37.1 Å². The minimum Gasteiger partial charge on any atom is -0.316 e. The van der Waals surface area contributed by atoms with Crippen LogP contribution in [0.1, 0.15) is 10.4 Å². The van der Waals surface area contributed by atoms with E-state index in [1.54, 1.807) is 24.3 Å². The predicted octanol–water partition coefficient (Wildman–Crippen LogP) is 0.0942. The van der Waals surface area contributed by atoms with Gasteiger partial charge in [-0.3, -0.25) is 19.8 Å². The van der Waals surface area contributed by atoms with Gasteiger partial charge in [-0.15, -0.1) is 0 Å². The highest BCUT2D eigenvalue weighted by Gasteiger charge is 2.36. The Labute approximate surface area is 118 Å². The van der Waals surface area contributed by atoms with Crippen molar-refractivity contribution in [1.29, 1.82) is 0 Å². The Morgan fingerprint density at radius 2 is 1.80 bits per heavy atom. The highest BCUT2D eigenvalue weighted by atomic mass is 16.2. The van der Waals surface area contributed by atoms with E-state index in [0.717, 1.165) is 26.2 Å². The highest BCUT2D eigenvalue weighted by molar-refractivity contribution is 6.05. The molecule has 0 radical (unpaired) electrons. The van der Waals surface area contributed by atoms with Crippen LogP contribution in [0.5, 0.6) is 0 Å². The molecule has 5 heteroatoms. The zero-order chi connectivity index (χ0) is 13.9. The standard InChI is InChI=1S/C15H19N3O2/c19-14(17-15(20)11-4-2-1-3-5-11)10-18-8-12-6-16-7-13(12)9-18/h1-5,12-13,16H,6-10H2,(H,17,19,20)/t12-,13+. The molecule has 2 aliphatic rings. The van der Waals surface area contributed by atoms with Gasteiger partial charge in [-0.1, -0.05) is 18.2 Å². The van der Waals surface area contributed by atoms with E-state index in [1.165, 1.54) is 0 Å². The van der Waals surface area contributed by atoms with Gasteiger partial charge in [0.2, 0.25) is 5.91 Å². The second-order valence-electron chi connectivity index (χ2n) is 5.62. The Morgan fingerprint density at radius 3 is 2.45 bits per heavy atom. The van der Waals surface area contributed by atoms with E-state index in [0.29, 0.717) is 23.9 Å². The Hall–Kier alpha value is -1.72. The van der Waals surface area contributed by atoms with Crippen LogP contribution in [0.2, 0.25) is 0 Å². The summed E-state index contributed by atoms with van der Waals surface area (Å²) >= 11 is 0. The fourth-order valence-electron chi connectivity index (χ4n) is 3.11. The molecule has 0 bridgehead atoms. The first kappa shape index (κ1) is 13.3. The molecule has 1 aromatic rings. The van der Waals surface area contributed by atoms with Crippen LogP contribution >= 0.6 is 0 Å². The van der Waals surface area contributed by atoms with Crippen molar-refractivity contribution in [2.45, 2.75) is 0 Å². The summed E-state index contributed by atoms with van der Waals surface area (Å²) in [6.07, 6.45) is 0. The molecule has 2 saturated heterocycles. The van der Waals surface area contributed by atoms with Crippen LogP contribution in [0.4, 0.5) is 0 Å². The molecule has 0 aromatic heterocycles. The van der Waals surface area contributed by atoms with E-state index in [-0.39, 0.29) is 11.8 Å². The lowest BCUT2D eigenvalue weighted by molar-refractivity contribution is -0.121. The summed E-state index contributed by atoms with van der Waals surface area (Å²) < 4.78 is 0. The molecule has 3 rings (SSSR count). The number of benzene rings is 1. The number of hydrogen-bond donors (Lipinski definition) is 2. The first-order valence-corrected chi connectivity index (χ1v) is 7.04. The third-order valence-electron chi connectivity index (χ3n) is 4.12. The van der Waals surface area contributed by atoms with Crippen LogP contribution < -0.4 is 10.6 Å². The van der Waals surface area contributed by atoms with Gasteiger partial charge in [-0.25, -0.2) is 0 Å². The fourth-order valence-corrected chi connectivity index (χ4v) is 3.11. The third-order valence-corrected chi connectivity index (χ3v) is 4.12. The van der Waals surface area contributed by atoms with E-state index >= 15 is 0 Å². The molecule has 2 fully saturated rings. The van der Waals surface area contributed by atoms with Crippen molar-refractivity contribution in [3.8, 4) is 0 Å². The molecule has 2 aliphatic heterocycles. The van der Waals surface area contributed by atoms with Gasteiger partial charge < -0.3 is 5.32 Å². The first-order valence-electron chi connectivity index (χ1n) is 7.04. The molecular weight excluding hydrogens is 254 g/mol. The third kappa shape index (κ3) is 2.89. The highest BCUT2D eigenvalue weighted by Crippen LogP contribution is 2.25. The molecule has 20 heavy (non-hydrogen) atoms. The van der Waals surface area contributed by atoms with Crippen LogP contribution in [0, 0.1) is 11.8 Å². The Morgan fingerprint density at radius 1 is 1.15 bits per heavy atom. The molecule has 0 unspecified atom stereocenters. The zero-order valence-corrected chi connectivity index (χ0v) is 11.3. The maximum atomic E-state index is 11.9. The number of amides is 2. The summed E-state index contributed by atoms with van der Waals surface area (Å²) in [6, 6.07) is 8.82. The second kappa shape index (κ2) is 5.73. The number of carbonyl (C=O) groups is 2. The van der Waals surface area contributed by atoms with Crippen molar-refractivity contribution in [3.05, 3.63) is 35.9 Å². The fraction of sp³-hybridized carbons (Fsp3) is 0.467. The number of carbonyl (C=O) groups excluding carboxylic acids is 2. The van der Waals surface area contributed by atoms with Gasteiger partial charge in [0.05, 0.1) is 6.54 Å². The molecule has 0 spiro atoms. The van der Waals surface area contributed by atoms with Gasteiger partial charge in [-0.2, -0.15) is 0 Å². The Balaban J connectivity index is 1.49. The first-order chi connectivity index (χ1) is 9.72. The van der Waals surface area contributed by atoms with Crippen molar-refractivity contribution < 1.29 is 9.59 Å². The Bertz CT molecular complexity index is 491. The van der Waals surface area contributed by atoms with Gasteiger partial charge in [0, 0.05) is 18.7 Å². The molecular formula is C15H19N3O2. The van der Waals surface area contributed by atoms with Crippen molar-refractivity contribution >= 4 is 11.8 Å². The van der Waals surface area contributed by atoms with Crippen LogP contribution in [0.3, 0.4) is 0 Å².